The van der Waals surface area contributed by atoms with Crippen molar-refractivity contribution in [3.8, 4) is 0 Å². The van der Waals surface area contributed by atoms with E-state index >= 15 is 0 Å². The molecular weight excluding hydrogens is 304 g/mol. The van der Waals surface area contributed by atoms with Crippen LogP contribution in [-0.2, 0) is 24.8 Å². The van der Waals surface area contributed by atoms with Gasteiger partial charge in [-0.25, -0.2) is 9.97 Å². The number of aryl methyl sites for hydroxylation is 3. The number of hydrogen-bond donors (Lipinski definition) is 1. The zero-order chi connectivity index (χ0) is 17.4. The average Bonchev–Trinajstić information content (AvgIpc) is 2.79. The quantitative estimate of drug-likeness (QED) is 0.924. The number of amides is 1. The summed E-state index contributed by atoms with van der Waals surface area (Å²) in [6, 6.07) is -0.229. The molecule has 128 valence electrons. The maximum absolute atomic E-state index is 12.7. The van der Waals surface area contributed by atoms with E-state index in [0.29, 0.717) is 6.54 Å². The Hall–Kier alpha value is -2.28. The maximum Gasteiger partial charge on any atom is 0.241 e. The fraction of sp³-hybridized carbons (Fsp3) is 0.529. The van der Waals surface area contributed by atoms with E-state index in [4.69, 9.17) is 0 Å². The standard InChI is InChI=1S/C17H24N6O/c1-10-16(11(2)22(5)21-10)20-17(24)12(3)23-7-6-14-8-18-13(4)19-15(14)9-23/h8,12H,6-7,9H2,1-5H3,(H,20,24)/t12-/m1/s1. The number of carbonyl (C=O) groups is 1. The summed E-state index contributed by atoms with van der Waals surface area (Å²) in [4.78, 5) is 23.6. The Kier molecular flexibility index (Phi) is 4.36. The summed E-state index contributed by atoms with van der Waals surface area (Å²) in [5.41, 5.74) is 4.82. The second-order valence-corrected chi connectivity index (χ2v) is 6.44. The fourth-order valence-electron chi connectivity index (χ4n) is 3.10. The van der Waals surface area contributed by atoms with Crippen molar-refractivity contribution >= 4 is 11.6 Å². The number of nitrogens with one attached hydrogen (secondary N) is 1. The Morgan fingerprint density at radius 2 is 2.08 bits per heavy atom. The Balaban J connectivity index is 1.72. The van der Waals surface area contributed by atoms with Crippen molar-refractivity contribution in [2.45, 2.75) is 46.7 Å². The van der Waals surface area contributed by atoms with Gasteiger partial charge in [-0.3, -0.25) is 14.4 Å². The molecule has 1 amide bonds. The van der Waals surface area contributed by atoms with Gasteiger partial charge in [-0.15, -0.1) is 0 Å². The Morgan fingerprint density at radius 3 is 2.75 bits per heavy atom. The van der Waals surface area contributed by atoms with Crippen molar-refractivity contribution < 1.29 is 4.79 Å². The van der Waals surface area contributed by atoms with Gasteiger partial charge in [0.05, 0.1) is 28.8 Å². The van der Waals surface area contributed by atoms with Gasteiger partial charge in [-0.2, -0.15) is 5.10 Å². The second-order valence-electron chi connectivity index (χ2n) is 6.44. The summed E-state index contributed by atoms with van der Waals surface area (Å²) in [7, 11) is 1.88. The van der Waals surface area contributed by atoms with Crippen molar-refractivity contribution in [2.75, 3.05) is 11.9 Å². The van der Waals surface area contributed by atoms with E-state index in [-0.39, 0.29) is 11.9 Å². The first kappa shape index (κ1) is 16.6. The molecule has 1 N–H and O–H groups in total. The van der Waals surface area contributed by atoms with Crippen LogP contribution in [0.5, 0.6) is 0 Å². The number of hydrogen-bond acceptors (Lipinski definition) is 5. The predicted octanol–water partition coefficient (Wildman–Crippen LogP) is 1.52. The summed E-state index contributed by atoms with van der Waals surface area (Å²) in [6.07, 6.45) is 2.78. The normalized spacial score (nSPS) is 15.9. The lowest BCUT2D eigenvalue weighted by molar-refractivity contribution is -0.121. The Morgan fingerprint density at radius 1 is 1.33 bits per heavy atom. The van der Waals surface area contributed by atoms with Crippen LogP contribution in [0.2, 0.25) is 0 Å². The van der Waals surface area contributed by atoms with Crippen LogP contribution >= 0.6 is 0 Å². The monoisotopic (exact) mass is 328 g/mol. The van der Waals surface area contributed by atoms with Crippen molar-refractivity contribution in [3.05, 3.63) is 34.7 Å². The van der Waals surface area contributed by atoms with Crippen LogP contribution in [0, 0.1) is 20.8 Å². The topological polar surface area (TPSA) is 75.9 Å². The average molecular weight is 328 g/mol. The van der Waals surface area contributed by atoms with E-state index in [1.54, 1.807) is 4.68 Å². The molecule has 1 atom stereocenters. The molecular formula is C17H24N6O. The zero-order valence-corrected chi connectivity index (χ0v) is 14.9. The molecule has 7 heteroatoms. The smallest absolute Gasteiger partial charge is 0.241 e. The molecule has 1 aliphatic heterocycles. The van der Waals surface area contributed by atoms with Gasteiger partial charge in [0, 0.05) is 26.3 Å². The molecule has 7 nitrogen and oxygen atoms in total. The Bertz CT molecular complexity index is 782. The largest absolute Gasteiger partial charge is 0.322 e. The van der Waals surface area contributed by atoms with Crippen LogP contribution in [0.25, 0.3) is 0 Å². The van der Waals surface area contributed by atoms with E-state index in [2.05, 4.69) is 25.3 Å². The lowest BCUT2D eigenvalue weighted by Gasteiger charge is -2.32. The van der Waals surface area contributed by atoms with Crippen molar-refractivity contribution in [1.82, 2.24) is 24.6 Å². The number of aromatic nitrogens is 4. The van der Waals surface area contributed by atoms with Crippen LogP contribution in [0.15, 0.2) is 6.20 Å². The molecule has 24 heavy (non-hydrogen) atoms. The zero-order valence-electron chi connectivity index (χ0n) is 14.9. The molecule has 1 aliphatic rings. The molecule has 2 aromatic rings. The molecule has 0 fully saturated rings. The van der Waals surface area contributed by atoms with Gasteiger partial charge in [-0.05, 0) is 39.7 Å². The molecule has 0 saturated carbocycles. The summed E-state index contributed by atoms with van der Waals surface area (Å²) < 4.78 is 1.78. The molecule has 0 aromatic carbocycles. The molecule has 0 aliphatic carbocycles. The van der Waals surface area contributed by atoms with E-state index in [9.17, 15) is 4.79 Å². The Labute approximate surface area is 142 Å². The van der Waals surface area contributed by atoms with Gasteiger partial charge in [-0.1, -0.05) is 0 Å². The van der Waals surface area contributed by atoms with Crippen molar-refractivity contribution in [3.63, 3.8) is 0 Å². The second kappa shape index (κ2) is 6.32. The van der Waals surface area contributed by atoms with E-state index in [1.165, 1.54) is 5.56 Å². The highest BCUT2D eigenvalue weighted by molar-refractivity contribution is 5.95. The highest BCUT2D eigenvalue weighted by Crippen LogP contribution is 2.21. The molecule has 0 spiro atoms. The third kappa shape index (κ3) is 3.03. The SMILES string of the molecule is Cc1ncc2c(n1)CN([C@H](C)C(=O)Nc1c(C)nn(C)c1C)CC2. The first-order chi connectivity index (χ1) is 11.4. The molecule has 2 aromatic heterocycles. The lowest BCUT2D eigenvalue weighted by atomic mass is 10.0. The van der Waals surface area contributed by atoms with E-state index in [1.807, 2.05) is 40.9 Å². The molecule has 0 unspecified atom stereocenters. The van der Waals surface area contributed by atoms with Crippen LogP contribution < -0.4 is 5.32 Å². The summed E-state index contributed by atoms with van der Waals surface area (Å²) >= 11 is 0. The van der Waals surface area contributed by atoms with Gasteiger partial charge in [0.2, 0.25) is 5.91 Å². The maximum atomic E-state index is 12.7. The minimum Gasteiger partial charge on any atom is -0.322 e. The molecule has 3 rings (SSSR count). The fourth-order valence-corrected chi connectivity index (χ4v) is 3.10. The van der Waals surface area contributed by atoms with Crippen LogP contribution in [0.1, 0.15) is 35.4 Å². The highest BCUT2D eigenvalue weighted by atomic mass is 16.2. The van der Waals surface area contributed by atoms with Gasteiger partial charge in [0.1, 0.15) is 5.82 Å². The summed E-state index contributed by atoms with van der Waals surface area (Å²) in [5.74, 6) is 0.762. The van der Waals surface area contributed by atoms with E-state index in [0.717, 1.165) is 41.6 Å². The number of carbonyl (C=O) groups excluding carboxylic acids is 1. The first-order valence-electron chi connectivity index (χ1n) is 8.23. The predicted molar refractivity (Wildman–Crippen MR) is 91.7 cm³/mol. The molecule has 0 saturated heterocycles. The first-order valence-corrected chi connectivity index (χ1v) is 8.23. The number of rotatable bonds is 3. The molecule has 0 radical (unpaired) electrons. The van der Waals surface area contributed by atoms with Crippen LogP contribution in [0.4, 0.5) is 5.69 Å². The third-order valence-corrected chi connectivity index (χ3v) is 4.78. The minimum atomic E-state index is -0.229. The number of fused-ring (bicyclic) bond motifs is 1. The van der Waals surface area contributed by atoms with Crippen LogP contribution in [0.3, 0.4) is 0 Å². The summed E-state index contributed by atoms with van der Waals surface area (Å²) in [6.45, 7) is 9.21. The van der Waals surface area contributed by atoms with Gasteiger partial charge in [0.25, 0.3) is 0 Å². The third-order valence-electron chi connectivity index (χ3n) is 4.78. The highest BCUT2D eigenvalue weighted by Gasteiger charge is 2.27. The van der Waals surface area contributed by atoms with Crippen molar-refractivity contribution in [1.29, 1.82) is 0 Å². The number of anilines is 1. The lowest BCUT2D eigenvalue weighted by Crippen LogP contribution is -2.45. The number of nitrogens with zero attached hydrogens (tertiary/aromatic N) is 5. The van der Waals surface area contributed by atoms with Gasteiger partial charge < -0.3 is 5.32 Å². The van der Waals surface area contributed by atoms with Crippen molar-refractivity contribution in [2.24, 2.45) is 7.05 Å². The summed E-state index contributed by atoms with van der Waals surface area (Å²) in [5, 5.41) is 7.38. The van der Waals surface area contributed by atoms with Gasteiger partial charge in [0.15, 0.2) is 0 Å². The van der Waals surface area contributed by atoms with Gasteiger partial charge >= 0.3 is 0 Å². The van der Waals surface area contributed by atoms with E-state index < -0.39 is 0 Å². The van der Waals surface area contributed by atoms with Crippen LogP contribution in [-0.4, -0.2) is 43.1 Å². The molecule has 0 bridgehead atoms. The minimum absolute atomic E-state index is 0.0107. The molecule has 3 heterocycles.